The molecule has 13 nitrogen and oxygen atoms in total. The van der Waals surface area contributed by atoms with Crippen LogP contribution in [-0.4, -0.2) is 75.9 Å². The number of hydrogen-bond acceptors (Lipinski definition) is 11. The first-order chi connectivity index (χ1) is 26.2. The molecule has 1 aliphatic rings. The minimum Gasteiger partial charge on any atom is -0.497 e. The highest BCUT2D eigenvalue weighted by atomic mass is 31.2. The lowest BCUT2D eigenvalue weighted by Crippen LogP contribution is -2.39. The average Bonchev–Trinajstić information content (AvgIpc) is 3.80. The van der Waals surface area contributed by atoms with Crippen LogP contribution in [0.2, 0.25) is 0 Å². The fraction of sp³-hybridized carbons (Fsp3) is 0.400. The summed E-state index contributed by atoms with van der Waals surface area (Å²) in [6.07, 6.45) is 1.83. The van der Waals surface area contributed by atoms with E-state index in [2.05, 4.69) is 53.4 Å². The minimum absolute atomic E-state index is 0.0930. The summed E-state index contributed by atoms with van der Waals surface area (Å²) < 4.78 is 42.4. The van der Waals surface area contributed by atoms with Crippen molar-refractivity contribution in [3.8, 4) is 17.6 Å². The topological polar surface area (TPSA) is 146 Å². The Morgan fingerprint density at radius 1 is 0.944 bits per heavy atom. The normalized spacial score (nSPS) is 18.0. The van der Waals surface area contributed by atoms with E-state index in [1.54, 1.807) is 25.1 Å². The van der Waals surface area contributed by atoms with Crippen LogP contribution in [0.3, 0.4) is 0 Å². The first kappa shape index (κ1) is 39.0. The molecule has 0 bridgehead atoms. The maximum atomic E-state index is 12.6. The number of nitrogens with one attached hydrogen (secondary N) is 1. The van der Waals surface area contributed by atoms with E-state index >= 15 is 0 Å². The molecule has 0 spiro atoms. The Morgan fingerprint density at radius 3 is 2.13 bits per heavy atom. The maximum absolute atomic E-state index is 12.6. The highest BCUT2D eigenvalue weighted by Crippen LogP contribution is 2.51. The lowest BCUT2D eigenvalue weighted by Gasteiger charge is -2.39. The van der Waals surface area contributed by atoms with Gasteiger partial charge in [-0.05, 0) is 68.7 Å². The number of nitrogens with zero attached hydrogens (tertiary/aromatic N) is 5. The number of fused-ring (bicyclic) bond motifs is 1. The molecular formula is C40H47N6O7P. The van der Waals surface area contributed by atoms with Gasteiger partial charge in [-0.25, -0.2) is 14.6 Å². The van der Waals surface area contributed by atoms with Gasteiger partial charge in [-0.1, -0.05) is 54.6 Å². The van der Waals surface area contributed by atoms with Gasteiger partial charge in [-0.3, -0.25) is 9.36 Å². The van der Waals surface area contributed by atoms with Crippen LogP contribution >= 0.6 is 8.53 Å². The average molecular weight is 755 g/mol. The Morgan fingerprint density at radius 2 is 1.56 bits per heavy atom. The predicted molar refractivity (Wildman–Crippen MR) is 205 cm³/mol. The second kappa shape index (κ2) is 17.6. The van der Waals surface area contributed by atoms with Crippen molar-refractivity contribution in [2.75, 3.05) is 27.4 Å². The number of nitriles is 1. The largest absolute Gasteiger partial charge is 0.497 e. The summed E-state index contributed by atoms with van der Waals surface area (Å²) in [5.41, 5.74) is 1.84. The van der Waals surface area contributed by atoms with Crippen LogP contribution in [0.15, 0.2) is 96.3 Å². The van der Waals surface area contributed by atoms with Gasteiger partial charge in [-0.2, -0.15) is 5.26 Å². The second-order valence-corrected chi connectivity index (χ2v) is 14.8. The van der Waals surface area contributed by atoms with Crippen LogP contribution in [0.4, 0.5) is 0 Å². The van der Waals surface area contributed by atoms with Gasteiger partial charge in [0.2, 0.25) is 0 Å². The zero-order valence-corrected chi connectivity index (χ0v) is 32.3. The van der Waals surface area contributed by atoms with Crippen LogP contribution in [0.1, 0.15) is 63.5 Å². The second-order valence-electron chi connectivity index (χ2n) is 13.4. The summed E-state index contributed by atoms with van der Waals surface area (Å²) in [7, 11) is 1.65. The number of methoxy groups -OCH3 is 2. The molecule has 1 saturated heterocycles. The molecule has 14 heteroatoms. The first-order valence-corrected chi connectivity index (χ1v) is 19.1. The van der Waals surface area contributed by atoms with Gasteiger partial charge in [0.25, 0.3) is 14.1 Å². The van der Waals surface area contributed by atoms with Crippen LogP contribution in [0, 0.1) is 11.3 Å². The van der Waals surface area contributed by atoms with Gasteiger partial charge < -0.3 is 33.0 Å². The minimum atomic E-state index is -1.63. The quantitative estimate of drug-likeness (QED) is 0.0590. The van der Waals surface area contributed by atoms with E-state index in [4.69, 9.17) is 28.0 Å². The molecule has 2 aromatic heterocycles. The monoisotopic (exact) mass is 754 g/mol. The molecule has 6 rings (SSSR count). The molecule has 3 aromatic carbocycles. The molecule has 0 radical (unpaired) electrons. The van der Waals surface area contributed by atoms with Crippen molar-refractivity contribution in [2.45, 2.75) is 76.7 Å². The molecule has 284 valence electrons. The van der Waals surface area contributed by atoms with E-state index in [0.29, 0.717) is 12.1 Å². The molecule has 3 heterocycles. The number of benzene rings is 3. The molecule has 0 saturated carbocycles. The third kappa shape index (κ3) is 8.20. The van der Waals surface area contributed by atoms with Crippen molar-refractivity contribution in [1.29, 1.82) is 5.26 Å². The van der Waals surface area contributed by atoms with E-state index in [1.165, 1.54) is 6.33 Å². The molecule has 54 heavy (non-hydrogen) atoms. The summed E-state index contributed by atoms with van der Waals surface area (Å²) >= 11 is 0. The fourth-order valence-corrected chi connectivity index (χ4v) is 8.66. The molecule has 1 N–H and O–H groups in total. The number of rotatable bonds is 17. The van der Waals surface area contributed by atoms with Crippen LogP contribution < -0.4 is 15.0 Å². The van der Waals surface area contributed by atoms with Gasteiger partial charge in [0, 0.05) is 18.5 Å². The molecule has 1 aliphatic heterocycles. The van der Waals surface area contributed by atoms with E-state index in [9.17, 15) is 10.1 Å². The number of aromatic amines is 1. The Kier molecular flexibility index (Phi) is 12.8. The van der Waals surface area contributed by atoms with E-state index in [0.717, 1.165) is 28.2 Å². The highest BCUT2D eigenvalue weighted by Gasteiger charge is 2.45. The van der Waals surface area contributed by atoms with Gasteiger partial charge in [-0.15, -0.1) is 0 Å². The lowest BCUT2D eigenvalue weighted by molar-refractivity contribution is -0.0912. The van der Waals surface area contributed by atoms with Crippen molar-refractivity contribution in [1.82, 2.24) is 24.2 Å². The van der Waals surface area contributed by atoms with Crippen molar-refractivity contribution >= 4 is 19.7 Å². The van der Waals surface area contributed by atoms with Crippen molar-refractivity contribution in [3.63, 3.8) is 0 Å². The molecule has 1 unspecified atom stereocenters. The third-order valence-electron chi connectivity index (χ3n) is 9.38. The summed E-state index contributed by atoms with van der Waals surface area (Å²) in [6.45, 7) is 8.71. The molecule has 0 aliphatic carbocycles. The van der Waals surface area contributed by atoms with Gasteiger partial charge >= 0.3 is 0 Å². The van der Waals surface area contributed by atoms with Crippen LogP contribution in [0.5, 0.6) is 11.5 Å². The maximum Gasteiger partial charge on any atom is 0.278 e. The van der Waals surface area contributed by atoms with E-state index < -0.39 is 32.6 Å². The Bertz CT molecular complexity index is 1990. The molecule has 5 aromatic rings. The SMILES string of the molecule is COc1ccc(C(OC[C@H]2O[C@@H](n3cnc4c(=O)[nH]cnc43)C[C@H]2OP(OCCC#N)N(C(C)C)C(C)C)(c2ccccc2)c2ccc(OC)cc2)cc1. The van der Waals surface area contributed by atoms with Gasteiger partial charge in [0.1, 0.15) is 29.4 Å². The third-order valence-corrected chi connectivity index (χ3v) is 11.5. The zero-order chi connectivity index (χ0) is 38.2. The summed E-state index contributed by atoms with van der Waals surface area (Å²) in [5.74, 6) is 1.44. The highest BCUT2D eigenvalue weighted by molar-refractivity contribution is 7.44. The number of hydrogen-bond donors (Lipinski definition) is 1. The molecule has 4 atom stereocenters. The van der Waals surface area contributed by atoms with Gasteiger partial charge in [0.15, 0.2) is 11.2 Å². The summed E-state index contributed by atoms with van der Waals surface area (Å²) in [6, 6.07) is 28.1. The molecular weight excluding hydrogens is 707 g/mol. The number of imidazole rings is 1. The lowest BCUT2D eigenvalue weighted by atomic mass is 9.80. The summed E-state index contributed by atoms with van der Waals surface area (Å²) in [4.78, 5) is 24.0. The van der Waals surface area contributed by atoms with E-state index in [-0.39, 0.29) is 42.8 Å². The Balaban J connectivity index is 1.43. The number of ether oxygens (including phenoxy) is 4. The Hall–Kier alpha value is -4.67. The van der Waals surface area contributed by atoms with Crippen LogP contribution in [-0.2, 0) is 24.1 Å². The summed E-state index contributed by atoms with van der Waals surface area (Å²) in [5, 5.41) is 9.33. The first-order valence-electron chi connectivity index (χ1n) is 18.0. The van der Waals surface area contributed by atoms with Crippen molar-refractivity contribution in [3.05, 3.63) is 119 Å². The van der Waals surface area contributed by atoms with Crippen molar-refractivity contribution < 1.29 is 28.0 Å². The molecule has 1 fully saturated rings. The van der Waals surface area contributed by atoms with Gasteiger partial charge in [0.05, 0.1) is 58.7 Å². The number of aromatic nitrogens is 4. The Labute approximate surface area is 316 Å². The fourth-order valence-electron chi connectivity index (χ4n) is 6.90. The number of H-pyrrole nitrogens is 1. The van der Waals surface area contributed by atoms with Crippen molar-refractivity contribution in [2.24, 2.45) is 0 Å². The zero-order valence-electron chi connectivity index (χ0n) is 31.4. The van der Waals surface area contributed by atoms with Crippen LogP contribution in [0.25, 0.3) is 11.2 Å². The standard InChI is InChI=1S/C40H47N6O7P/c1-27(2)46(28(3)4)54(51-22-10-21-41)53-34-23-36(45-26-44-37-38(45)42-25-43-39(37)47)52-35(34)24-50-40(29-11-8-7-9-12-29,30-13-17-32(48-5)18-14-30)31-15-19-33(49-6)20-16-31/h7-9,11-20,25-28,34-36H,10,22-24H2,1-6H3,(H,42,43,47)/t34-,35-,36-,54?/m1/s1. The smallest absolute Gasteiger partial charge is 0.278 e. The molecule has 0 amide bonds. The van der Waals surface area contributed by atoms with E-state index in [1.807, 2.05) is 78.9 Å². The predicted octanol–water partition coefficient (Wildman–Crippen LogP) is 7.09.